The Balaban J connectivity index is 0.00000180. The van der Waals surface area contributed by atoms with Crippen molar-refractivity contribution >= 4 is 30.1 Å². The maximum absolute atomic E-state index is 12.4. The molecule has 0 bridgehead atoms. The van der Waals surface area contributed by atoms with E-state index >= 15 is 0 Å². The summed E-state index contributed by atoms with van der Waals surface area (Å²) >= 11 is 1.69. The zero-order valence-corrected chi connectivity index (χ0v) is 13.2. The number of piperazine rings is 1. The fraction of sp³-hybridized carbons (Fsp3) is 0.500. The van der Waals surface area contributed by atoms with Crippen molar-refractivity contribution in [2.75, 3.05) is 19.3 Å². The van der Waals surface area contributed by atoms with Gasteiger partial charge in [0, 0.05) is 35.6 Å². The highest BCUT2D eigenvalue weighted by Crippen LogP contribution is 2.18. The Morgan fingerprint density at radius 1 is 1.32 bits per heavy atom. The summed E-state index contributed by atoms with van der Waals surface area (Å²) in [6.45, 7) is 5.89. The molecule has 1 aliphatic rings. The van der Waals surface area contributed by atoms with Gasteiger partial charge in [-0.15, -0.1) is 24.2 Å². The number of amides is 1. The normalized spacial score (nSPS) is 22.8. The number of rotatable bonds is 2. The minimum atomic E-state index is 0. The molecule has 1 amide bonds. The standard InChI is InChI=1S/C14H20N2OS.ClH/c1-10-11(2)16(9-8-15-10)14(17)12-4-6-13(18-3)7-5-12;/h4-7,10-11,15H,8-9H2,1-3H3;1H. The Labute approximate surface area is 125 Å². The highest BCUT2D eigenvalue weighted by Gasteiger charge is 2.28. The van der Waals surface area contributed by atoms with Crippen molar-refractivity contribution in [1.82, 2.24) is 10.2 Å². The largest absolute Gasteiger partial charge is 0.333 e. The van der Waals surface area contributed by atoms with Gasteiger partial charge in [-0.05, 0) is 44.4 Å². The van der Waals surface area contributed by atoms with Gasteiger partial charge in [0.15, 0.2) is 0 Å². The maximum atomic E-state index is 12.4. The van der Waals surface area contributed by atoms with E-state index in [-0.39, 0.29) is 24.4 Å². The van der Waals surface area contributed by atoms with E-state index in [9.17, 15) is 4.79 Å². The highest BCUT2D eigenvalue weighted by atomic mass is 35.5. The molecule has 0 aliphatic carbocycles. The summed E-state index contributed by atoms with van der Waals surface area (Å²) in [5, 5.41) is 3.39. The monoisotopic (exact) mass is 300 g/mol. The topological polar surface area (TPSA) is 32.3 Å². The van der Waals surface area contributed by atoms with Gasteiger partial charge in [0.1, 0.15) is 0 Å². The molecule has 1 aromatic carbocycles. The van der Waals surface area contributed by atoms with Crippen LogP contribution in [0, 0.1) is 0 Å². The quantitative estimate of drug-likeness (QED) is 0.852. The molecule has 19 heavy (non-hydrogen) atoms. The van der Waals surface area contributed by atoms with E-state index in [1.54, 1.807) is 11.8 Å². The number of hydrogen-bond donors (Lipinski definition) is 1. The molecule has 0 spiro atoms. The number of nitrogens with one attached hydrogen (secondary N) is 1. The molecule has 2 unspecified atom stereocenters. The van der Waals surface area contributed by atoms with Crippen LogP contribution in [0.3, 0.4) is 0 Å². The Morgan fingerprint density at radius 3 is 2.53 bits per heavy atom. The number of thioether (sulfide) groups is 1. The van der Waals surface area contributed by atoms with E-state index < -0.39 is 0 Å². The van der Waals surface area contributed by atoms with Crippen molar-refractivity contribution in [3.63, 3.8) is 0 Å². The third-order valence-electron chi connectivity index (χ3n) is 3.63. The molecule has 0 aromatic heterocycles. The molecule has 1 aromatic rings. The van der Waals surface area contributed by atoms with Gasteiger partial charge in [-0.3, -0.25) is 4.79 Å². The molecule has 106 valence electrons. The first-order chi connectivity index (χ1) is 8.63. The predicted molar refractivity (Wildman–Crippen MR) is 83.4 cm³/mol. The van der Waals surface area contributed by atoms with E-state index in [4.69, 9.17) is 0 Å². The van der Waals surface area contributed by atoms with E-state index in [0.29, 0.717) is 6.04 Å². The highest BCUT2D eigenvalue weighted by molar-refractivity contribution is 7.98. The number of nitrogens with zero attached hydrogens (tertiary/aromatic N) is 1. The van der Waals surface area contributed by atoms with Crippen LogP contribution in [0.5, 0.6) is 0 Å². The van der Waals surface area contributed by atoms with Crippen molar-refractivity contribution in [3.8, 4) is 0 Å². The number of carbonyl (C=O) groups excluding carboxylic acids is 1. The second-order valence-corrected chi connectivity index (χ2v) is 5.59. The van der Waals surface area contributed by atoms with Gasteiger partial charge in [-0.25, -0.2) is 0 Å². The lowest BCUT2D eigenvalue weighted by Gasteiger charge is -2.38. The van der Waals surface area contributed by atoms with Crippen LogP contribution in [0.25, 0.3) is 0 Å². The van der Waals surface area contributed by atoms with E-state index in [2.05, 4.69) is 19.2 Å². The summed E-state index contributed by atoms with van der Waals surface area (Å²) in [6.07, 6.45) is 2.04. The molecular weight excluding hydrogens is 280 g/mol. The van der Waals surface area contributed by atoms with Crippen LogP contribution < -0.4 is 5.32 Å². The summed E-state index contributed by atoms with van der Waals surface area (Å²) < 4.78 is 0. The molecule has 2 atom stereocenters. The molecule has 1 fully saturated rings. The lowest BCUT2D eigenvalue weighted by atomic mass is 10.1. The smallest absolute Gasteiger partial charge is 0.254 e. The molecule has 0 saturated carbocycles. The minimum Gasteiger partial charge on any atom is -0.333 e. The molecule has 5 heteroatoms. The summed E-state index contributed by atoms with van der Waals surface area (Å²) in [5.74, 6) is 0.142. The van der Waals surface area contributed by atoms with Crippen LogP contribution in [-0.2, 0) is 0 Å². The van der Waals surface area contributed by atoms with Crippen LogP contribution in [0.15, 0.2) is 29.2 Å². The summed E-state index contributed by atoms with van der Waals surface area (Å²) in [6, 6.07) is 8.46. The van der Waals surface area contributed by atoms with Gasteiger partial charge in [0.05, 0.1) is 0 Å². The van der Waals surface area contributed by atoms with Gasteiger partial charge in [0.25, 0.3) is 5.91 Å². The second kappa shape index (κ2) is 7.17. The van der Waals surface area contributed by atoms with E-state index in [1.165, 1.54) is 4.90 Å². The molecule has 3 nitrogen and oxygen atoms in total. The SMILES string of the molecule is CSc1ccc(C(=O)N2CCNC(C)C2C)cc1.Cl. The Hall–Kier alpha value is -0.710. The molecular formula is C14H21ClN2OS. The van der Waals surface area contributed by atoms with Crippen LogP contribution in [0.4, 0.5) is 0 Å². The second-order valence-electron chi connectivity index (χ2n) is 4.71. The van der Waals surface area contributed by atoms with Crippen LogP contribution in [0.1, 0.15) is 24.2 Å². The van der Waals surface area contributed by atoms with E-state index in [0.717, 1.165) is 18.7 Å². The average molecular weight is 301 g/mol. The van der Waals surface area contributed by atoms with Gasteiger partial charge in [0.2, 0.25) is 0 Å². The first kappa shape index (κ1) is 16.3. The van der Waals surface area contributed by atoms with Crippen LogP contribution in [0.2, 0.25) is 0 Å². The van der Waals surface area contributed by atoms with Crippen molar-refractivity contribution in [3.05, 3.63) is 29.8 Å². The van der Waals surface area contributed by atoms with Crippen LogP contribution >= 0.6 is 24.2 Å². The van der Waals surface area contributed by atoms with Crippen LogP contribution in [-0.4, -0.2) is 42.2 Å². The lowest BCUT2D eigenvalue weighted by Crippen LogP contribution is -2.57. The Kier molecular flexibility index (Phi) is 6.17. The predicted octanol–water partition coefficient (Wildman–Crippen LogP) is 2.65. The van der Waals surface area contributed by atoms with Crippen molar-refractivity contribution in [1.29, 1.82) is 0 Å². The number of hydrogen-bond acceptors (Lipinski definition) is 3. The van der Waals surface area contributed by atoms with E-state index in [1.807, 2.05) is 35.4 Å². The van der Waals surface area contributed by atoms with Gasteiger partial charge in [-0.2, -0.15) is 0 Å². The summed E-state index contributed by atoms with van der Waals surface area (Å²) in [4.78, 5) is 15.6. The summed E-state index contributed by atoms with van der Waals surface area (Å²) in [5.41, 5.74) is 0.786. The Bertz CT molecular complexity index is 424. The Morgan fingerprint density at radius 2 is 1.95 bits per heavy atom. The minimum absolute atomic E-state index is 0. The molecule has 2 rings (SSSR count). The first-order valence-corrected chi connectivity index (χ1v) is 7.54. The van der Waals surface area contributed by atoms with Crippen molar-refractivity contribution in [2.24, 2.45) is 0 Å². The molecule has 1 N–H and O–H groups in total. The zero-order chi connectivity index (χ0) is 13.1. The van der Waals surface area contributed by atoms with Crippen molar-refractivity contribution < 1.29 is 4.79 Å². The number of benzene rings is 1. The molecule has 1 aliphatic heterocycles. The fourth-order valence-corrected chi connectivity index (χ4v) is 2.65. The van der Waals surface area contributed by atoms with Gasteiger partial charge < -0.3 is 10.2 Å². The maximum Gasteiger partial charge on any atom is 0.254 e. The first-order valence-electron chi connectivity index (χ1n) is 6.32. The third kappa shape index (κ3) is 3.65. The third-order valence-corrected chi connectivity index (χ3v) is 4.38. The molecule has 1 saturated heterocycles. The van der Waals surface area contributed by atoms with Crippen molar-refractivity contribution in [2.45, 2.75) is 30.8 Å². The number of carbonyl (C=O) groups is 1. The molecule has 1 heterocycles. The number of halogens is 1. The zero-order valence-electron chi connectivity index (χ0n) is 11.6. The van der Waals surface area contributed by atoms with Gasteiger partial charge >= 0.3 is 0 Å². The molecule has 0 radical (unpaired) electrons. The average Bonchev–Trinajstić information content (AvgIpc) is 2.41. The lowest BCUT2D eigenvalue weighted by molar-refractivity contribution is 0.0603. The van der Waals surface area contributed by atoms with Gasteiger partial charge in [-0.1, -0.05) is 0 Å². The fourth-order valence-electron chi connectivity index (χ4n) is 2.24. The summed E-state index contributed by atoms with van der Waals surface area (Å²) in [7, 11) is 0.